The summed E-state index contributed by atoms with van der Waals surface area (Å²) in [5.41, 5.74) is 2.96. The Morgan fingerprint density at radius 2 is 1.50 bits per heavy atom. The molecule has 2 aliphatic rings. The first-order chi connectivity index (χ1) is 10.6. The Kier molecular flexibility index (Phi) is 3.02. The van der Waals surface area contributed by atoms with Crippen LogP contribution in [0.5, 0.6) is 0 Å². The number of fused-ring (bicyclic) bond motifs is 1. The predicted octanol–water partition coefficient (Wildman–Crippen LogP) is 2.89. The highest BCUT2D eigenvalue weighted by atomic mass is 79.9. The molecule has 6 heteroatoms. The molecule has 1 aromatic carbocycles. The Morgan fingerprint density at radius 3 is 2.14 bits per heavy atom. The van der Waals surface area contributed by atoms with Crippen LogP contribution in [0.15, 0.2) is 57.6 Å². The van der Waals surface area contributed by atoms with E-state index in [2.05, 4.69) is 26.6 Å². The van der Waals surface area contributed by atoms with E-state index in [-0.39, 0.29) is 11.8 Å². The van der Waals surface area contributed by atoms with Crippen molar-refractivity contribution in [1.29, 1.82) is 0 Å². The van der Waals surface area contributed by atoms with Crippen LogP contribution < -0.4 is 10.6 Å². The average Bonchev–Trinajstić information content (AvgIpc) is 3.16. The minimum atomic E-state index is -0.193. The molecular formula is C16H9BrN2O2S. The van der Waals surface area contributed by atoms with Gasteiger partial charge in [0, 0.05) is 9.35 Å². The normalized spacial score (nSPS) is 17.0. The van der Waals surface area contributed by atoms with E-state index in [9.17, 15) is 9.59 Å². The van der Waals surface area contributed by atoms with Gasteiger partial charge in [0.2, 0.25) is 0 Å². The third-order valence-corrected chi connectivity index (χ3v) is 5.00. The number of nitrogens with one attached hydrogen (secondary N) is 2. The maximum atomic E-state index is 12.3. The van der Waals surface area contributed by atoms with Crippen LogP contribution >= 0.6 is 27.3 Å². The summed E-state index contributed by atoms with van der Waals surface area (Å²) in [6, 6.07) is 11.2. The largest absolute Gasteiger partial charge is 0.319 e. The fourth-order valence-electron chi connectivity index (χ4n) is 2.63. The molecule has 0 unspecified atom stereocenters. The molecule has 3 heterocycles. The molecule has 1 aromatic heterocycles. The summed E-state index contributed by atoms with van der Waals surface area (Å²) in [6.45, 7) is 0. The SMILES string of the molecule is O=C1NC2=C(c3cccs3)C(=O)NC2=C1c1ccc(Br)cc1. The summed E-state index contributed by atoms with van der Waals surface area (Å²) in [5.74, 6) is -0.372. The second kappa shape index (κ2) is 4.93. The molecule has 0 saturated carbocycles. The molecule has 0 saturated heterocycles. The summed E-state index contributed by atoms with van der Waals surface area (Å²) >= 11 is 4.85. The molecule has 4 nitrogen and oxygen atoms in total. The van der Waals surface area contributed by atoms with Crippen LogP contribution in [0.4, 0.5) is 0 Å². The van der Waals surface area contributed by atoms with Gasteiger partial charge in [-0.1, -0.05) is 34.1 Å². The lowest BCUT2D eigenvalue weighted by molar-refractivity contribution is -0.114. The van der Waals surface area contributed by atoms with Crippen molar-refractivity contribution >= 4 is 50.2 Å². The van der Waals surface area contributed by atoms with Crippen molar-refractivity contribution in [1.82, 2.24) is 10.6 Å². The van der Waals surface area contributed by atoms with E-state index in [0.29, 0.717) is 22.5 Å². The van der Waals surface area contributed by atoms with Crippen molar-refractivity contribution < 1.29 is 9.59 Å². The predicted molar refractivity (Wildman–Crippen MR) is 88.6 cm³/mol. The van der Waals surface area contributed by atoms with Gasteiger partial charge in [-0.2, -0.15) is 0 Å². The molecule has 0 spiro atoms. The minimum Gasteiger partial charge on any atom is -0.319 e. The number of rotatable bonds is 2. The summed E-state index contributed by atoms with van der Waals surface area (Å²) < 4.78 is 0.936. The van der Waals surface area contributed by atoms with E-state index in [4.69, 9.17) is 0 Å². The Morgan fingerprint density at radius 1 is 0.864 bits per heavy atom. The maximum absolute atomic E-state index is 12.3. The van der Waals surface area contributed by atoms with Crippen molar-refractivity contribution in [3.8, 4) is 0 Å². The van der Waals surface area contributed by atoms with Crippen molar-refractivity contribution in [3.63, 3.8) is 0 Å². The molecule has 2 aromatic rings. The van der Waals surface area contributed by atoms with Gasteiger partial charge in [-0.25, -0.2) is 0 Å². The number of amides is 2. The van der Waals surface area contributed by atoms with Crippen LogP contribution in [-0.4, -0.2) is 11.8 Å². The first kappa shape index (κ1) is 13.5. The number of hydrogen-bond donors (Lipinski definition) is 2. The zero-order valence-electron chi connectivity index (χ0n) is 11.1. The van der Waals surface area contributed by atoms with Crippen LogP contribution in [0, 0.1) is 0 Å². The van der Waals surface area contributed by atoms with E-state index in [0.717, 1.165) is 14.9 Å². The molecule has 2 amide bonds. The van der Waals surface area contributed by atoms with Crippen LogP contribution in [0.2, 0.25) is 0 Å². The number of benzene rings is 1. The number of halogens is 1. The number of hydrogen-bond acceptors (Lipinski definition) is 3. The third-order valence-electron chi connectivity index (χ3n) is 3.58. The fourth-order valence-corrected chi connectivity index (χ4v) is 3.66. The summed E-state index contributed by atoms with van der Waals surface area (Å²) in [4.78, 5) is 25.4. The molecule has 2 N–H and O–H groups in total. The Hall–Kier alpha value is -2.18. The van der Waals surface area contributed by atoms with Gasteiger partial charge >= 0.3 is 0 Å². The molecule has 0 bridgehead atoms. The van der Waals surface area contributed by atoms with E-state index < -0.39 is 0 Å². The number of carbonyl (C=O) groups is 2. The molecule has 4 rings (SSSR count). The molecule has 108 valence electrons. The number of carbonyl (C=O) groups excluding carboxylic acids is 2. The fraction of sp³-hybridized carbons (Fsp3) is 0. The summed E-state index contributed by atoms with van der Waals surface area (Å²) in [7, 11) is 0. The second-order valence-electron chi connectivity index (χ2n) is 4.89. The highest BCUT2D eigenvalue weighted by Gasteiger charge is 2.39. The van der Waals surface area contributed by atoms with Gasteiger partial charge < -0.3 is 10.6 Å². The van der Waals surface area contributed by atoms with Crippen LogP contribution in [-0.2, 0) is 9.59 Å². The van der Waals surface area contributed by atoms with Gasteiger partial charge in [-0.3, -0.25) is 9.59 Å². The zero-order valence-corrected chi connectivity index (χ0v) is 13.5. The van der Waals surface area contributed by atoms with Gasteiger partial charge in [0.15, 0.2) is 0 Å². The van der Waals surface area contributed by atoms with Crippen LogP contribution in [0.3, 0.4) is 0 Å². The standard InChI is InChI=1S/C16H9BrN2O2S/c17-9-5-3-8(4-6-9)11-13-14(19-15(11)20)12(16(21)18-13)10-2-1-7-22-10/h1-7H,(H,18,21)(H,19,20). The van der Waals surface area contributed by atoms with Crippen LogP contribution in [0.25, 0.3) is 11.1 Å². The Labute approximate surface area is 138 Å². The minimum absolute atomic E-state index is 0.179. The smallest absolute Gasteiger partial charge is 0.259 e. The molecule has 2 aliphatic heterocycles. The Balaban J connectivity index is 1.90. The van der Waals surface area contributed by atoms with Gasteiger partial charge in [-0.05, 0) is 29.1 Å². The quantitative estimate of drug-likeness (QED) is 0.851. The van der Waals surface area contributed by atoms with Crippen molar-refractivity contribution in [2.45, 2.75) is 0 Å². The van der Waals surface area contributed by atoms with E-state index >= 15 is 0 Å². The number of thiophene rings is 1. The van der Waals surface area contributed by atoms with Crippen molar-refractivity contribution in [2.24, 2.45) is 0 Å². The van der Waals surface area contributed by atoms with E-state index in [1.807, 2.05) is 41.8 Å². The third kappa shape index (κ3) is 1.95. The molecule has 22 heavy (non-hydrogen) atoms. The Bertz CT molecular complexity index is 864. The first-order valence-electron chi connectivity index (χ1n) is 6.56. The van der Waals surface area contributed by atoms with E-state index in [1.165, 1.54) is 11.3 Å². The van der Waals surface area contributed by atoms with Gasteiger partial charge in [0.25, 0.3) is 11.8 Å². The molecular weight excluding hydrogens is 364 g/mol. The van der Waals surface area contributed by atoms with E-state index in [1.54, 1.807) is 0 Å². The highest BCUT2D eigenvalue weighted by molar-refractivity contribution is 9.10. The topological polar surface area (TPSA) is 58.2 Å². The van der Waals surface area contributed by atoms with Crippen LogP contribution in [0.1, 0.15) is 10.4 Å². The molecule has 0 fully saturated rings. The highest BCUT2D eigenvalue weighted by Crippen LogP contribution is 2.37. The average molecular weight is 373 g/mol. The second-order valence-corrected chi connectivity index (χ2v) is 6.76. The molecule has 0 radical (unpaired) electrons. The van der Waals surface area contributed by atoms with Gasteiger partial charge in [-0.15, -0.1) is 11.3 Å². The lowest BCUT2D eigenvalue weighted by Gasteiger charge is -2.04. The monoisotopic (exact) mass is 372 g/mol. The lowest BCUT2D eigenvalue weighted by Crippen LogP contribution is -2.19. The van der Waals surface area contributed by atoms with Crippen molar-refractivity contribution in [2.75, 3.05) is 0 Å². The zero-order chi connectivity index (χ0) is 15.3. The van der Waals surface area contributed by atoms with Gasteiger partial charge in [0.05, 0.1) is 22.5 Å². The first-order valence-corrected chi connectivity index (χ1v) is 8.24. The van der Waals surface area contributed by atoms with Gasteiger partial charge in [0.1, 0.15) is 0 Å². The lowest BCUT2D eigenvalue weighted by atomic mass is 10.0. The maximum Gasteiger partial charge on any atom is 0.259 e. The summed E-state index contributed by atoms with van der Waals surface area (Å²) in [6.07, 6.45) is 0. The molecule has 0 aliphatic carbocycles. The summed E-state index contributed by atoms with van der Waals surface area (Å²) in [5, 5.41) is 7.56. The molecule has 0 atom stereocenters. The van der Waals surface area contributed by atoms with Crippen molar-refractivity contribution in [3.05, 3.63) is 68.1 Å².